The summed E-state index contributed by atoms with van der Waals surface area (Å²) in [5, 5.41) is 2.95. The van der Waals surface area contributed by atoms with Gasteiger partial charge in [0.1, 0.15) is 0 Å². The fraction of sp³-hybridized carbons (Fsp3) is 0.316. The molecule has 0 aliphatic heterocycles. The van der Waals surface area contributed by atoms with E-state index in [0.717, 1.165) is 17.1 Å². The summed E-state index contributed by atoms with van der Waals surface area (Å²) in [4.78, 5) is 12.0. The Balaban J connectivity index is 1.69. The molecule has 5 heteroatoms. The lowest BCUT2D eigenvalue weighted by atomic mass is 10.1. The van der Waals surface area contributed by atoms with Gasteiger partial charge in [0.25, 0.3) is 0 Å². The molecule has 24 heavy (non-hydrogen) atoms. The molecule has 4 nitrogen and oxygen atoms in total. The molecule has 2 rings (SSSR count). The molecule has 0 radical (unpaired) electrons. The second-order valence-electron chi connectivity index (χ2n) is 5.25. The molecular weight excluding hydrogens is 322 g/mol. The van der Waals surface area contributed by atoms with E-state index in [4.69, 9.17) is 9.47 Å². The summed E-state index contributed by atoms with van der Waals surface area (Å²) in [5.41, 5.74) is 2.21. The summed E-state index contributed by atoms with van der Waals surface area (Å²) >= 11 is 1.81. The molecule has 0 unspecified atom stereocenters. The first-order valence-electron chi connectivity index (χ1n) is 7.82. The van der Waals surface area contributed by atoms with E-state index in [2.05, 4.69) is 17.4 Å². The molecule has 0 saturated heterocycles. The van der Waals surface area contributed by atoms with Crippen LogP contribution in [-0.2, 0) is 17.0 Å². The van der Waals surface area contributed by atoms with Crippen molar-refractivity contribution in [3.8, 4) is 11.5 Å². The fourth-order valence-corrected chi connectivity index (χ4v) is 3.08. The molecule has 0 aliphatic carbocycles. The average Bonchev–Trinajstić information content (AvgIpc) is 2.62. The van der Waals surface area contributed by atoms with Crippen molar-refractivity contribution >= 4 is 17.7 Å². The molecule has 0 fully saturated rings. The van der Waals surface area contributed by atoms with Crippen molar-refractivity contribution in [3.63, 3.8) is 0 Å². The normalized spacial score (nSPS) is 10.2. The molecule has 2 aromatic carbocycles. The van der Waals surface area contributed by atoms with E-state index < -0.39 is 0 Å². The zero-order chi connectivity index (χ0) is 17.2. The molecule has 2 aromatic rings. The van der Waals surface area contributed by atoms with E-state index in [1.807, 2.05) is 48.2 Å². The number of amides is 1. The number of nitrogens with one attached hydrogen (secondary N) is 1. The maximum Gasteiger partial charge on any atom is 0.224 e. The second kappa shape index (κ2) is 9.88. The molecule has 0 bridgehead atoms. The van der Waals surface area contributed by atoms with Crippen LogP contribution in [0.1, 0.15) is 11.1 Å². The van der Waals surface area contributed by atoms with Gasteiger partial charge in [-0.2, -0.15) is 11.8 Å². The van der Waals surface area contributed by atoms with Gasteiger partial charge in [0, 0.05) is 18.1 Å². The number of methoxy groups -OCH3 is 2. The number of rotatable bonds is 9. The summed E-state index contributed by atoms with van der Waals surface area (Å²) in [6, 6.07) is 15.9. The first kappa shape index (κ1) is 18.2. The number of carbonyl (C=O) groups is 1. The Morgan fingerprint density at radius 3 is 2.46 bits per heavy atom. The summed E-state index contributed by atoms with van der Waals surface area (Å²) < 4.78 is 10.4. The fourth-order valence-electron chi connectivity index (χ4n) is 2.27. The molecule has 1 amide bonds. The molecular formula is C19H23NO3S. The zero-order valence-corrected chi connectivity index (χ0v) is 14.9. The average molecular weight is 345 g/mol. The highest BCUT2D eigenvalue weighted by molar-refractivity contribution is 7.98. The monoisotopic (exact) mass is 345 g/mol. The summed E-state index contributed by atoms with van der Waals surface area (Å²) in [6.07, 6.45) is 0.337. The van der Waals surface area contributed by atoms with E-state index >= 15 is 0 Å². The molecule has 0 aliphatic rings. The maximum absolute atomic E-state index is 12.0. The second-order valence-corrected chi connectivity index (χ2v) is 6.36. The standard InChI is InChI=1S/C19H23NO3S/c1-22-17-9-8-16(12-18(17)23-2)13-19(21)20-10-11-24-14-15-6-4-3-5-7-15/h3-9,12H,10-11,13-14H2,1-2H3,(H,20,21). The predicted molar refractivity (Wildman–Crippen MR) is 98.9 cm³/mol. The summed E-state index contributed by atoms with van der Waals surface area (Å²) in [6.45, 7) is 0.670. The van der Waals surface area contributed by atoms with E-state index in [-0.39, 0.29) is 5.91 Å². The van der Waals surface area contributed by atoms with Crippen LogP contribution >= 0.6 is 11.8 Å². The number of ether oxygens (including phenoxy) is 2. The van der Waals surface area contributed by atoms with Crippen molar-refractivity contribution in [2.24, 2.45) is 0 Å². The lowest BCUT2D eigenvalue weighted by molar-refractivity contribution is -0.120. The van der Waals surface area contributed by atoms with E-state index in [9.17, 15) is 4.79 Å². The molecule has 128 valence electrons. The Hall–Kier alpha value is -2.14. The maximum atomic E-state index is 12.0. The molecule has 1 N–H and O–H groups in total. The van der Waals surface area contributed by atoms with Gasteiger partial charge in [-0.3, -0.25) is 4.79 Å². The number of thioether (sulfide) groups is 1. The third-order valence-corrected chi connectivity index (χ3v) is 4.52. The molecule has 0 heterocycles. The van der Waals surface area contributed by atoms with Gasteiger partial charge in [-0.25, -0.2) is 0 Å². The van der Waals surface area contributed by atoms with Gasteiger partial charge in [0.2, 0.25) is 5.91 Å². The van der Waals surface area contributed by atoms with Crippen LogP contribution in [-0.4, -0.2) is 32.4 Å². The topological polar surface area (TPSA) is 47.6 Å². The summed E-state index contributed by atoms with van der Waals surface area (Å²) in [5.74, 6) is 3.18. The Labute approximate surface area is 147 Å². The number of hydrogen-bond acceptors (Lipinski definition) is 4. The first-order chi connectivity index (χ1) is 11.7. The van der Waals surface area contributed by atoms with Crippen LogP contribution in [0.2, 0.25) is 0 Å². The van der Waals surface area contributed by atoms with Crippen LogP contribution in [0.15, 0.2) is 48.5 Å². The first-order valence-corrected chi connectivity index (χ1v) is 8.97. The molecule has 0 aromatic heterocycles. The minimum absolute atomic E-state index is 0.0162. The number of carbonyl (C=O) groups excluding carboxylic acids is 1. The van der Waals surface area contributed by atoms with E-state index in [1.165, 1.54) is 5.56 Å². The van der Waals surface area contributed by atoms with Gasteiger partial charge in [-0.05, 0) is 23.3 Å². The minimum Gasteiger partial charge on any atom is -0.493 e. The minimum atomic E-state index is 0.0162. The molecule has 0 atom stereocenters. The quantitative estimate of drug-likeness (QED) is 0.709. The van der Waals surface area contributed by atoms with E-state index in [1.54, 1.807) is 14.2 Å². The van der Waals surface area contributed by atoms with Gasteiger partial charge in [-0.15, -0.1) is 0 Å². The predicted octanol–water partition coefficient (Wildman–Crippen LogP) is 3.30. The van der Waals surface area contributed by atoms with Gasteiger partial charge in [0.15, 0.2) is 11.5 Å². The number of benzene rings is 2. The highest BCUT2D eigenvalue weighted by atomic mass is 32.2. The van der Waals surface area contributed by atoms with Crippen LogP contribution in [0.5, 0.6) is 11.5 Å². The highest BCUT2D eigenvalue weighted by Crippen LogP contribution is 2.27. The van der Waals surface area contributed by atoms with Gasteiger partial charge in [0.05, 0.1) is 20.6 Å². The third kappa shape index (κ3) is 5.81. The number of hydrogen-bond donors (Lipinski definition) is 1. The van der Waals surface area contributed by atoms with Crippen LogP contribution in [0.25, 0.3) is 0 Å². The van der Waals surface area contributed by atoms with Crippen LogP contribution in [0, 0.1) is 0 Å². The molecule has 0 spiro atoms. The van der Waals surface area contributed by atoms with E-state index in [0.29, 0.717) is 24.5 Å². The van der Waals surface area contributed by atoms with Crippen molar-refractivity contribution in [3.05, 3.63) is 59.7 Å². The smallest absolute Gasteiger partial charge is 0.224 e. The molecule has 0 saturated carbocycles. The van der Waals surface area contributed by atoms with Gasteiger partial charge < -0.3 is 14.8 Å². The largest absolute Gasteiger partial charge is 0.493 e. The van der Waals surface area contributed by atoms with Crippen molar-refractivity contribution in [1.29, 1.82) is 0 Å². The Bertz CT molecular complexity index is 646. The van der Waals surface area contributed by atoms with Crippen LogP contribution in [0.3, 0.4) is 0 Å². The van der Waals surface area contributed by atoms with Crippen LogP contribution in [0.4, 0.5) is 0 Å². The zero-order valence-electron chi connectivity index (χ0n) is 14.1. The van der Waals surface area contributed by atoms with Crippen molar-refractivity contribution in [1.82, 2.24) is 5.32 Å². The van der Waals surface area contributed by atoms with Crippen molar-refractivity contribution in [2.75, 3.05) is 26.5 Å². The van der Waals surface area contributed by atoms with Gasteiger partial charge in [-0.1, -0.05) is 36.4 Å². The van der Waals surface area contributed by atoms with Crippen LogP contribution < -0.4 is 14.8 Å². The SMILES string of the molecule is COc1ccc(CC(=O)NCCSCc2ccccc2)cc1OC. The Kier molecular flexibility index (Phi) is 7.49. The highest BCUT2D eigenvalue weighted by Gasteiger charge is 2.08. The Morgan fingerprint density at radius 1 is 1.00 bits per heavy atom. The van der Waals surface area contributed by atoms with Crippen molar-refractivity contribution in [2.45, 2.75) is 12.2 Å². The Morgan fingerprint density at radius 2 is 1.75 bits per heavy atom. The van der Waals surface area contributed by atoms with Gasteiger partial charge >= 0.3 is 0 Å². The third-order valence-electron chi connectivity index (χ3n) is 3.49. The lowest BCUT2D eigenvalue weighted by Crippen LogP contribution is -2.27. The van der Waals surface area contributed by atoms with Crippen molar-refractivity contribution < 1.29 is 14.3 Å². The summed E-state index contributed by atoms with van der Waals surface area (Å²) in [7, 11) is 3.18. The lowest BCUT2D eigenvalue weighted by Gasteiger charge is -2.10.